The number of amides is 1. The molecule has 3 aliphatic rings. The molecule has 24 heavy (non-hydrogen) atoms. The second kappa shape index (κ2) is 7.19. The van der Waals surface area contributed by atoms with Crippen molar-refractivity contribution in [1.82, 2.24) is 19.9 Å². The molecule has 1 aromatic heterocycles. The highest BCUT2D eigenvalue weighted by molar-refractivity contribution is 5.79. The lowest BCUT2D eigenvalue weighted by Gasteiger charge is -2.35. The Bertz CT molecular complexity index is 558. The van der Waals surface area contributed by atoms with E-state index >= 15 is 0 Å². The highest BCUT2D eigenvalue weighted by atomic mass is 16.5. The van der Waals surface area contributed by atoms with E-state index in [1.54, 1.807) is 0 Å². The molecule has 0 N–H and O–H groups in total. The van der Waals surface area contributed by atoms with Crippen LogP contribution in [0.5, 0.6) is 0 Å². The molecule has 132 valence electrons. The van der Waals surface area contributed by atoms with Crippen LogP contribution in [-0.4, -0.2) is 65.2 Å². The fraction of sp³-hybridized carbons (Fsp3) is 0.824. The molecule has 0 unspecified atom stereocenters. The van der Waals surface area contributed by atoms with Crippen molar-refractivity contribution < 1.29 is 14.1 Å². The van der Waals surface area contributed by atoms with Gasteiger partial charge < -0.3 is 14.2 Å². The van der Waals surface area contributed by atoms with Gasteiger partial charge in [0.2, 0.25) is 11.8 Å². The smallest absolute Gasteiger partial charge is 0.229 e. The monoisotopic (exact) mass is 334 g/mol. The number of morpholine rings is 1. The lowest BCUT2D eigenvalue weighted by molar-refractivity contribution is -0.139. The second-order valence-electron chi connectivity index (χ2n) is 7.16. The van der Waals surface area contributed by atoms with E-state index in [9.17, 15) is 4.79 Å². The Hall–Kier alpha value is -1.47. The van der Waals surface area contributed by atoms with Crippen LogP contribution >= 0.6 is 0 Å². The number of piperidine rings is 1. The van der Waals surface area contributed by atoms with E-state index < -0.39 is 0 Å². The molecule has 2 aliphatic heterocycles. The highest BCUT2D eigenvalue weighted by Crippen LogP contribution is 2.32. The minimum Gasteiger partial charge on any atom is -0.379 e. The predicted molar refractivity (Wildman–Crippen MR) is 86.3 cm³/mol. The quantitative estimate of drug-likeness (QED) is 0.829. The van der Waals surface area contributed by atoms with Gasteiger partial charge in [0, 0.05) is 38.0 Å². The average molecular weight is 334 g/mol. The fourth-order valence-electron chi connectivity index (χ4n) is 3.72. The van der Waals surface area contributed by atoms with Crippen molar-refractivity contribution in [1.29, 1.82) is 0 Å². The Morgan fingerprint density at radius 1 is 1.08 bits per heavy atom. The summed E-state index contributed by atoms with van der Waals surface area (Å²) in [4.78, 5) is 21.2. The molecule has 0 radical (unpaired) electrons. The van der Waals surface area contributed by atoms with Crippen LogP contribution in [0, 0.1) is 5.92 Å². The number of aromatic nitrogens is 2. The minimum atomic E-state index is 0.293. The topological polar surface area (TPSA) is 71.7 Å². The standard InChI is InChI=1S/C17H26N4O3/c22-17(14-2-1-3-14)21-6-4-13(5-7-21)16-18-15(19-24-16)12-20-8-10-23-11-9-20/h13-14H,1-12H2. The molecule has 0 aromatic carbocycles. The molecule has 0 bridgehead atoms. The van der Waals surface area contributed by atoms with Crippen molar-refractivity contribution in [3.05, 3.63) is 11.7 Å². The molecule has 1 aliphatic carbocycles. The van der Waals surface area contributed by atoms with E-state index in [1.165, 1.54) is 6.42 Å². The van der Waals surface area contributed by atoms with Gasteiger partial charge in [-0.25, -0.2) is 0 Å². The van der Waals surface area contributed by atoms with E-state index in [-0.39, 0.29) is 0 Å². The van der Waals surface area contributed by atoms with E-state index in [1.807, 2.05) is 4.90 Å². The number of hydrogen-bond acceptors (Lipinski definition) is 6. The van der Waals surface area contributed by atoms with Gasteiger partial charge in [-0.05, 0) is 25.7 Å². The third kappa shape index (κ3) is 3.47. The van der Waals surface area contributed by atoms with Gasteiger partial charge in [0.1, 0.15) is 0 Å². The lowest BCUT2D eigenvalue weighted by Crippen LogP contribution is -2.43. The van der Waals surface area contributed by atoms with E-state index in [0.717, 1.165) is 83.3 Å². The summed E-state index contributed by atoms with van der Waals surface area (Å²) in [5, 5.41) is 4.14. The number of hydrogen-bond donors (Lipinski definition) is 0. The summed E-state index contributed by atoms with van der Waals surface area (Å²) in [5.74, 6) is 2.46. The van der Waals surface area contributed by atoms with Crippen LogP contribution in [0.3, 0.4) is 0 Å². The zero-order chi connectivity index (χ0) is 16.4. The summed E-state index contributed by atoms with van der Waals surface area (Å²) in [5.41, 5.74) is 0. The Morgan fingerprint density at radius 2 is 1.83 bits per heavy atom. The molecule has 0 atom stereocenters. The van der Waals surface area contributed by atoms with E-state index in [4.69, 9.17) is 9.26 Å². The lowest BCUT2D eigenvalue weighted by atomic mass is 9.83. The molecule has 3 heterocycles. The van der Waals surface area contributed by atoms with Crippen molar-refractivity contribution in [3.63, 3.8) is 0 Å². The van der Waals surface area contributed by atoms with Gasteiger partial charge >= 0.3 is 0 Å². The zero-order valence-electron chi connectivity index (χ0n) is 14.2. The van der Waals surface area contributed by atoms with Crippen LogP contribution in [0.2, 0.25) is 0 Å². The van der Waals surface area contributed by atoms with E-state index in [0.29, 0.717) is 17.7 Å². The van der Waals surface area contributed by atoms with Crippen LogP contribution < -0.4 is 0 Å². The van der Waals surface area contributed by atoms with Crippen LogP contribution in [0.1, 0.15) is 49.7 Å². The molecule has 3 fully saturated rings. The molecule has 7 nitrogen and oxygen atoms in total. The maximum Gasteiger partial charge on any atom is 0.229 e. The van der Waals surface area contributed by atoms with Gasteiger partial charge in [-0.3, -0.25) is 9.69 Å². The number of likely N-dealkylation sites (tertiary alicyclic amines) is 1. The summed E-state index contributed by atoms with van der Waals surface area (Å²) in [6.45, 7) is 5.77. The maximum absolute atomic E-state index is 12.3. The molecule has 0 spiro atoms. The van der Waals surface area contributed by atoms with Gasteiger partial charge in [0.15, 0.2) is 5.82 Å². The molecule has 2 saturated heterocycles. The molecule has 1 saturated carbocycles. The molecule has 4 rings (SSSR count). The van der Waals surface area contributed by atoms with Crippen molar-refractivity contribution in [3.8, 4) is 0 Å². The second-order valence-corrected chi connectivity index (χ2v) is 7.16. The van der Waals surface area contributed by atoms with E-state index in [2.05, 4.69) is 15.0 Å². The van der Waals surface area contributed by atoms with Gasteiger partial charge in [0.05, 0.1) is 19.8 Å². The summed E-state index contributed by atoms with van der Waals surface area (Å²) >= 11 is 0. The Labute approximate surface area is 142 Å². The number of nitrogens with zero attached hydrogens (tertiary/aromatic N) is 4. The molecule has 1 amide bonds. The van der Waals surface area contributed by atoms with Crippen LogP contribution in [-0.2, 0) is 16.1 Å². The average Bonchev–Trinajstić information content (AvgIpc) is 3.03. The summed E-state index contributed by atoms with van der Waals surface area (Å²) in [6, 6.07) is 0. The first-order valence-electron chi connectivity index (χ1n) is 9.21. The third-order valence-corrected chi connectivity index (χ3v) is 5.56. The highest BCUT2D eigenvalue weighted by Gasteiger charge is 2.33. The first-order chi connectivity index (χ1) is 11.8. The van der Waals surface area contributed by atoms with Gasteiger partial charge in [-0.2, -0.15) is 4.98 Å². The Morgan fingerprint density at radius 3 is 2.50 bits per heavy atom. The first kappa shape index (κ1) is 16.0. The zero-order valence-corrected chi connectivity index (χ0v) is 14.2. The summed E-state index contributed by atoms with van der Waals surface area (Å²) in [6.07, 6.45) is 5.22. The van der Waals surface area contributed by atoms with Crippen molar-refractivity contribution >= 4 is 5.91 Å². The molecule has 7 heteroatoms. The molecular formula is C17H26N4O3. The fourth-order valence-corrected chi connectivity index (χ4v) is 3.72. The first-order valence-corrected chi connectivity index (χ1v) is 9.21. The van der Waals surface area contributed by atoms with Crippen molar-refractivity contribution in [2.45, 2.75) is 44.6 Å². The SMILES string of the molecule is O=C(C1CCC1)N1CCC(c2nc(CN3CCOCC3)no2)CC1. The van der Waals surface area contributed by atoms with Crippen LogP contribution in [0.25, 0.3) is 0 Å². The van der Waals surface area contributed by atoms with Gasteiger partial charge in [0.25, 0.3) is 0 Å². The van der Waals surface area contributed by atoms with Crippen LogP contribution in [0.4, 0.5) is 0 Å². The minimum absolute atomic E-state index is 0.293. The van der Waals surface area contributed by atoms with Crippen LogP contribution in [0.15, 0.2) is 4.52 Å². The Kier molecular flexibility index (Phi) is 4.80. The Balaban J connectivity index is 1.28. The third-order valence-electron chi connectivity index (χ3n) is 5.56. The maximum atomic E-state index is 12.3. The van der Waals surface area contributed by atoms with Gasteiger partial charge in [-0.15, -0.1) is 0 Å². The number of ether oxygens (including phenoxy) is 1. The molecule has 1 aromatic rings. The summed E-state index contributed by atoms with van der Waals surface area (Å²) in [7, 11) is 0. The largest absolute Gasteiger partial charge is 0.379 e. The molecular weight excluding hydrogens is 308 g/mol. The number of carbonyl (C=O) groups excluding carboxylic acids is 1. The summed E-state index contributed by atoms with van der Waals surface area (Å²) < 4.78 is 10.9. The van der Waals surface area contributed by atoms with Gasteiger partial charge in [-0.1, -0.05) is 11.6 Å². The predicted octanol–water partition coefficient (Wildman–Crippen LogP) is 1.41. The normalized spacial score (nSPS) is 24.1. The van der Waals surface area contributed by atoms with Crippen molar-refractivity contribution in [2.24, 2.45) is 5.92 Å². The number of carbonyl (C=O) groups is 1. The number of rotatable bonds is 4. The van der Waals surface area contributed by atoms with Crippen molar-refractivity contribution in [2.75, 3.05) is 39.4 Å².